The minimum atomic E-state index is -0.267. The molecular formula is C19H26N2O2. The van der Waals surface area contributed by atoms with Crippen molar-refractivity contribution < 1.29 is 10.2 Å². The van der Waals surface area contributed by atoms with Crippen LogP contribution < -0.4 is 5.32 Å². The molecule has 124 valence electrons. The maximum atomic E-state index is 10.2. The van der Waals surface area contributed by atoms with Crippen LogP contribution in [0.5, 0.6) is 5.75 Å². The first-order valence-electron chi connectivity index (χ1n) is 8.31. The van der Waals surface area contributed by atoms with Gasteiger partial charge in [-0.05, 0) is 17.0 Å². The van der Waals surface area contributed by atoms with Crippen LogP contribution in [0.15, 0.2) is 36.4 Å². The number of phenolic OH excluding ortho intramolecular Hbond substituents is 1. The summed E-state index contributed by atoms with van der Waals surface area (Å²) in [5.74, 6) is 0.310. The Morgan fingerprint density at radius 1 is 1.09 bits per heavy atom. The molecule has 4 heteroatoms. The lowest BCUT2D eigenvalue weighted by molar-refractivity contribution is 0.0313. The molecule has 1 heterocycles. The molecule has 4 nitrogen and oxygen atoms in total. The van der Waals surface area contributed by atoms with Crippen molar-refractivity contribution in [1.29, 1.82) is 0 Å². The van der Waals surface area contributed by atoms with Crippen molar-refractivity contribution in [3.63, 3.8) is 0 Å². The Morgan fingerprint density at radius 2 is 1.74 bits per heavy atom. The minimum absolute atomic E-state index is 0.111. The van der Waals surface area contributed by atoms with Crippen molar-refractivity contribution in [3.8, 4) is 5.75 Å². The van der Waals surface area contributed by atoms with E-state index in [4.69, 9.17) is 0 Å². The number of benzene rings is 2. The number of rotatable bonds is 4. The van der Waals surface area contributed by atoms with E-state index < -0.39 is 0 Å². The van der Waals surface area contributed by atoms with Crippen molar-refractivity contribution in [2.24, 2.45) is 5.41 Å². The van der Waals surface area contributed by atoms with E-state index >= 15 is 0 Å². The number of aliphatic hydroxyl groups is 1. The lowest BCUT2D eigenvalue weighted by atomic mass is 9.78. The third kappa shape index (κ3) is 3.07. The number of hydrogen-bond donors (Lipinski definition) is 3. The quantitative estimate of drug-likeness (QED) is 0.812. The Hall–Kier alpha value is -1.62. The topological polar surface area (TPSA) is 55.7 Å². The molecule has 2 aromatic rings. The Morgan fingerprint density at radius 3 is 2.39 bits per heavy atom. The van der Waals surface area contributed by atoms with E-state index in [0.29, 0.717) is 5.75 Å². The van der Waals surface area contributed by atoms with E-state index in [9.17, 15) is 10.2 Å². The average molecular weight is 314 g/mol. The van der Waals surface area contributed by atoms with Gasteiger partial charge in [0, 0.05) is 49.6 Å². The van der Waals surface area contributed by atoms with E-state index in [1.807, 2.05) is 24.3 Å². The van der Waals surface area contributed by atoms with Crippen LogP contribution in [-0.2, 0) is 0 Å². The summed E-state index contributed by atoms with van der Waals surface area (Å²) in [6, 6.07) is 11.9. The van der Waals surface area contributed by atoms with Crippen LogP contribution in [0.3, 0.4) is 0 Å². The van der Waals surface area contributed by atoms with Crippen LogP contribution in [0, 0.1) is 5.41 Å². The standard InChI is InChI=1S/C19H26N2O2/c1-19(2,13-22)18(21-11-9-20-10-12-21)16-7-8-17(23)15-6-4-3-5-14(15)16/h3-8,18,20,22-23H,9-13H2,1-2H3/t18-/m1/s1. The molecule has 1 atom stereocenters. The van der Waals surface area contributed by atoms with Gasteiger partial charge in [0.05, 0.1) is 0 Å². The fraction of sp³-hybridized carbons (Fsp3) is 0.474. The number of hydrogen-bond acceptors (Lipinski definition) is 4. The highest BCUT2D eigenvalue weighted by molar-refractivity contribution is 5.91. The normalized spacial score (nSPS) is 18.2. The van der Waals surface area contributed by atoms with Gasteiger partial charge in [0.2, 0.25) is 0 Å². The molecule has 0 radical (unpaired) electrons. The molecule has 2 aromatic carbocycles. The summed E-state index contributed by atoms with van der Waals surface area (Å²) in [6.07, 6.45) is 0. The van der Waals surface area contributed by atoms with Gasteiger partial charge in [-0.25, -0.2) is 0 Å². The Bertz CT molecular complexity index is 678. The number of fused-ring (bicyclic) bond motifs is 1. The number of phenols is 1. The molecular weight excluding hydrogens is 288 g/mol. The van der Waals surface area contributed by atoms with Gasteiger partial charge < -0.3 is 15.5 Å². The molecule has 0 aromatic heterocycles. The average Bonchev–Trinajstić information content (AvgIpc) is 2.58. The maximum Gasteiger partial charge on any atom is 0.123 e. The number of aromatic hydroxyl groups is 1. The fourth-order valence-corrected chi connectivity index (χ4v) is 3.68. The van der Waals surface area contributed by atoms with Gasteiger partial charge in [0.1, 0.15) is 5.75 Å². The van der Waals surface area contributed by atoms with Crippen LogP contribution in [0.4, 0.5) is 0 Å². The predicted octanol–water partition coefficient (Wildman–Crippen LogP) is 2.51. The van der Waals surface area contributed by atoms with Crippen molar-refractivity contribution >= 4 is 10.8 Å². The highest BCUT2D eigenvalue weighted by atomic mass is 16.3. The van der Waals surface area contributed by atoms with Crippen molar-refractivity contribution in [2.75, 3.05) is 32.8 Å². The molecule has 0 amide bonds. The van der Waals surface area contributed by atoms with E-state index in [-0.39, 0.29) is 18.1 Å². The van der Waals surface area contributed by atoms with Crippen LogP contribution in [0.1, 0.15) is 25.5 Å². The monoisotopic (exact) mass is 314 g/mol. The van der Waals surface area contributed by atoms with Crippen LogP contribution >= 0.6 is 0 Å². The first-order chi connectivity index (χ1) is 11.0. The number of piperazine rings is 1. The summed E-state index contributed by atoms with van der Waals surface area (Å²) >= 11 is 0. The molecule has 0 saturated carbocycles. The number of nitrogens with zero attached hydrogens (tertiary/aromatic N) is 1. The van der Waals surface area contributed by atoms with Crippen molar-refractivity contribution in [3.05, 3.63) is 42.0 Å². The number of aliphatic hydroxyl groups excluding tert-OH is 1. The lowest BCUT2D eigenvalue weighted by Gasteiger charge is -2.44. The fourth-order valence-electron chi connectivity index (χ4n) is 3.68. The van der Waals surface area contributed by atoms with E-state index in [1.165, 1.54) is 5.56 Å². The molecule has 0 aliphatic carbocycles. The Labute approximate surface area is 137 Å². The summed E-state index contributed by atoms with van der Waals surface area (Å²) in [5, 5.41) is 25.5. The predicted molar refractivity (Wildman–Crippen MR) is 93.7 cm³/mol. The first-order valence-corrected chi connectivity index (χ1v) is 8.31. The lowest BCUT2D eigenvalue weighted by Crippen LogP contribution is -2.49. The van der Waals surface area contributed by atoms with Gasteiger partial charge in [-0.2, -0.15) is 0 Å². The zero-order chi connectivity index (χ0) is 16.4. The zero-order valence-electron chi connectivity index (χ0n) is 13.9. The van der Waals surface area contributed by atoms with Gasteiger partial charge in [-0.1, -0.05) is 44.2 Å². The van der Waals surface area contributed by atoms with Gasteiger partial charge in [0.15, 0.2) is 0 Å². The van der Waals surface area contributed by atoms with Crippen LogP contribution in [0.2, 0.25) is 0 Å². The molecule has 0 bridgehead atoms. The molecule has 0 spiro atoms. The molecule has 1 fully saturated rings. The van der Waals surface area contributed by atoms with Crippen LogP contribution in [0.25, 0.3) is 10.8 Å². The molecule has 3 rings (SSSR count). The smallest absolute Gasteiger partial charge is 0.123 e. The summed E-state index contributed by atoms with van der Waals surface area (Å²) in [5.41, 5.74) is 0.913. The molecule has 1 saturated heterocycles. The molecule has 23 heavy (non-hydrogen) atoms. The highest BCUT2D eigenvalue weighted by Crippen LogP contribution is 2.42. The maximum absolute atomic E-state index is 10.2. The van der Waals surface area contributed by atoms with E-state index in [2.05, 4.69) is 30.1 Å². The third-order valence-electron chi connectivity index (χ3n) is 4.89. The second-order valence-electron chi connectivity index (χ2n) is 7.05. The second kappa shape index (κ2) is 6.48. The Balaban J connectivity index is 2.15. The first kappa shape index (κ1) is 16.2. The second-order valence-corrected chi connectivity index (χ2v) is 7.05. The minimum Gasteiger partial charge on any atom is -0.507 e. The highest BCUT2D eigenvalue weighted by Gasteiger charge is 2.36. The Kier molecular flexibility index (Phi) is 4.57. The number of nitrogens with one attached hydrogen (secondary N) is 1. The van der Waals surface area contributed by atoms with Gasteiger partial charge in [-0.3, -0.25) is 4.90 Å². The zero-order valence-corrected chi connectivity index (χ0v) is 13.9. The largest absolute Gasteiger partial charge is 0.507 e. The molecule has 0 unspecified atom stereocenters. The van der Waals surface area contributed by atoms with E-state index in [1.54, 1.807) is 6.07 Å². The van der Waals surface area contributed by atoms with Gasteiger partial charge in [-0.15, -0.1) is 0 Å². The van der Waals surface area contributed by atoms with Crippen molar-refractivity contribution in [1.82, 2.24) is 10.2 Å². The molecule has 1 aliphatic rings. The van der Waals surface area contributed by atoms with Crippen molar-refractivity contribution in [2.45, 2.75) is 19.9 Å². The van der Waals surface area contributed by atoms with Gasteiger partial charge >= 0.3 is 0 Å². The van der Waals surface area contributed by atoms with E-state index in [0.717, 1.165) is 37.0 Å². The van der Waals surface area contributed by atoms with Crippen LogP contribution in [-0.4, -0.2) is 47.9 Å². The summed E-state index contributed by atoms with van der Waals surface area (Å²) < 4.78 is 0. The molecule has 1 aliphatic heterocycles. The summed E-state index contributed by atoms with van der Waals surface area (Å²) in [7, 11) is 0. The summed E-state index contributed by atoms with van der Waals surface area (Å²) in [4.78, 5) is 2.45. The molecule has 3 N–H and O–H groups in total. The summed E-state index contributed by atoms with van der Waals surface area (Å²) in [6.45, 7) is 8.20. The van der Waals surface area contributed by atoms with Gasteiger partial charge in [0.25, 0.3) is 0 Å². The third-order valence-corrected chi connectivity index (χ3v) is 4.89. The SMILES string of the molecule is CC(C)(CO)[C@@H](c1ccc(O)c2ccccc12)N1CCNCC1.